The molecule has 3 aromatic heterocycles. The normalized spacial score (nSPS) is 11.7. The summed E-state index contributed by atoms with van der Waals surface area (Å²) in [5.74, 6) is -0.196. The molecule has 3 aromatic rings. The molecule has 3 heterocycles. The van der Waals surface area contributed by atoms with Gasteiger partial charge < -0.3 is 10.6 Å². The largest absolute Gasteiger partial charge is 0.382 e. The number of hydrogen-bond donors (Lipinski definition) is 2. The van der Waals surface area contributed by atoms with Gasteiger partial charge in [-0.1, -0.05) is 12.1 Å². The van der Waals surface area contributed by atoms with Crippen LogP contribution in [0.2, 0.25) is 0 Å². The van der Waals surface area contributed by atoms with Crippen molar-refractivity contribution in [1.29, 1.82) is 0 Å². The van der Waals surface area contributed by atoms with Gasteiger partial charge >= 0.3 is 0 Å². The first-order valence-corrected chi connectivity index (χ1v) is 9.01. The Labute approximate surface area is 151 Å². The summed E-state index contributed by atoms with van der Waals surface area (Å²) in [6.45, 7) is 2.56. The van der Waals surface area contributed by atoms with Gasteiger partial charge in [-0.05, 0) is 42.1 Å². The van der Waals surface area contributed by atoms with E-state index in [1.807, 2.05) is 18.2 Å². The van der Waals surface area contributed by atoms with E-state index in [0.29, 0.717) is 12.2 Å². The number of aromatic nitrogens is 2. The van der Waals surface area contributed by atoms with E-state index in [1.165, 1.54) is 4.88 Å². The van der Waals surface area contributed by atoms with Gasteiger partial charge in [-0.15, -0.1) is 11.3 Å². The maximum absolute atomic E-state index is 12.3. The molecule has 1 unspecified atom stereocenters. The molecule has 0 spiro atoms. The minimum atomic E-state index is -0.196. The van der Waals surface area contributed by atoms with Crippen molar-refractivity contribution in [2.45, 2.75) is 25.9 Å². The van der Waals surface area contributed by atoms with Gasteiger partial charge in [-0.3, -0.25) is 14.8 Å². The second-order valence-electron chi connectivity index (χ2n) is 5.80. The van der Waals surface area contributed by atoms with Gasteiger partial charge in [0.05, 0.1) is 0 Å². The monoisotopic (exact) mass is 352 g/mol. The molecule has 0 radical (unpaired) electrons. The fraction of sp³-hybridized carbons (Fsp3) is 0.211. The van der Waals surface area contributed by atoms with E-state index < -0.39 is 0 Å². The first-order chi connectivity index (χ1) is 12.2. The summed E-state index contributed by atoms with van der Waals surface area (Å²) in [4.78, 5) is 21.8. The summed E-state index contributed by atoms with van der Waals surface area (Å²) in [7, 11) is 0. The molecule has 0 aromatic carbocycles. The van der Waals surface area contributed by atoms with Gasteiger partial charge in [0.2, 0.25) is 0 Å². The highest BCUT2D eigenvalue weighted by Crippen LogP contribution is 2.15. The van der Waals surface area contributed by atoms with Crippen LogP contribution < -0.4 is 10.6 Å². The molecule has 25 heavy (non-hydrogen) atoms. The fourth-order valence-electron chi connectivity index (χ4n) is 2.49. The third-order valence-corrected chi connectivity index (χ3v) is 4.57. The molecule has 5 nitrogen and oxygen atoms in total. The lowest BCUT2D eigenvalue weighted by atomic mass is 10.2. The molecule has 2 N–H and O–H groups in total. The van der Waals surface area contributed by atoms with Crippen molar-refractivity contribution in [3.63, 3.8) is 0 Å². The molecule has 0 saturated carbocycles. The number of amides is 1. The third-order valence-electron chi connectivity index (χ3n) is 3.67. The van der Waals surface area contributed by atoms with Crippen molar-refractivity contribution in [3.05, 3.63) is 76.5 Å². The zero-order chi connectivity index (χ0) is 17.5. The first kappa shape index (κ1) is 17.1. The molecule has 0 aliphatic heterocycles. The number of rotatable bonds is 7. The van der Waals surface area contributed by atoms with Crippen LogP contribution in [-0.4, -0.2) is 21.9 Å². The van der Waals surface area contributed by atoms with Crippen LogP contribution in [0.5, 0.6) is 0 Å². The second kappa shape index (κ2) is 8.39. The topological polar surface area (TPSA) is 66.9 Å². The minimum absolute atomic E-state index is 0.196. The van der Waals surface area contributed by atoms with Crippen LogP contribution in [0.4, 0.5) is 5.69 Å². The molecule has 0 aliphatic rings. The Morgan fingerprint density at radius 1 is 1.24 bits per heavy atom. The standard InChI is InChI=1S/C19H20N4OS/c1-14(10-17-5-3-9-25-17)23-16-6-8-21-18(11-16)19(24)22-13-15-4-2-7-20-12-15/h2-9,11-12,14H,10,13H2,1H3,(H,21,23)(H,22,24). The summed E-state index contributed by atoms with van der Waals surface area (Å²) in [6.07, 6.45) is 6.04. The maximum atomic E-state index is 12.3. The van der Waals surface area contributed by atoms with Crippen LogP contribution in [-0.2, 0) is 13.0 Å². The van der Waals surface area contributed by atoms with E-state index in [-0.39, 0.29) is 11.9 Å². The van der Waals surface area contributed by atoms with Crippen molar-refractivity contribution < 1.29 is 4.79 Å². The Bertz CT molecular complexity index is 805. The van der Waals surface area contributed by atoms with Crippen molar-refractivity contribution in [2.24, 2.45) is 0 Å². The fourth-order valence-corrected chi connectivity index (χ4v) is 3.32. The molecule has 0 saturated heterocycles. The van der Waals surface area contributed by atoms with Crippen LogP contribution in [0.15, 0.2) is 60.4 Å². The first-order valence-electron chi connectivity index (χ1n) is 8.13. The van der Waals surface area contributed by atoms with Gasteiger partial charge in [0.15, 0.2) is 0 Å². The predicted octanol–water partition coefficient (Wildman–Crippen LogP) is 3.51. The van der Waals surface area contributed by atoms with Crippen LogP contribution in [0.3, 0.4) is 0 Å². The van der Waals surface area contributed by atoms with Gasteiger partial charge in [0.1, 0.15) is 5.69 Å². The Balaban J connectivity index is 1.57. The van der Waals surface area contributed by atoms with Crippen molar-refractivity contribution >= 4 is 22.9 Å². The number of nitrogens with zero attached hydrogens (tertiary/aromatic N) is 2. The van der Waals surface area contributed by atoms with Crippen molar-refractivity contribution in [3.8, 4) is 0 Å². The van der Waals surface area contributed by atoms with Crippen LogP contribution >= 0.6 is 11.3 Å². The average Bonchev–Trinajstić information content (AvgIpc) is 3.13. The number of anilines is 1. The highest BCUT2D eigenvalue weighted by molar-refractivity contribution is 7.09. The van der Waals surface area contributed by atoms with E-state index in [2.05, 4.69) is 45.0 Å². The minimum Gasteiger partial charge on any atom is -0.382 e. The number of nitrogens with one attached hydrogen (secondary N) is 2. The van der Waals surface area contributed by atoms with Crippen LogP contribution in [0.1, 0.15) is 27.9 Å². The number of carbonyl (C=O) groups excluding carboxylic acids is 1. The van der Waals surface area contributed by atoms with E-state index in [4.69, 9.17) is 0 Å². The Kier molecular flexibility index (Phi) is 5.74. The van der Waals surface area contributed by atoms with Crippen LogP contribution in [0, 0.1) is 0 Å². The van der Waals surface area contributed by atoms with E-state index in [9.17, 15) is 4.79 Å². The number of pyridine rings is 2. The molecule has 1 atom stereocenters. The summed E-state index contributed by atoms with van der Waals surface area (Å²) in [5, 5.41) is 8.37. The van der Waals surface area contributed by atoms with Crippen molar-refractivity contribution in [1.82, 2.24) is 15.3 Å². The quantitative estimate of drug-likeness (QED) is 0.683. The molecule has 3 rings (SSSR count). The van der Waals surface area contributed by atoms with E-state index in [0.717, 1.165) is 17.7 Å². The zero-order valence-electron chi connectivity index (χ0n) is 14.0. The summed E-state index contributed by atoms with van der Waals surface area (Å²) in [6, 6.07) is 11.9. The van der Waals surface area contributed by atoms with Gasteiger partial charge in [-0.2, -0.15) is 0 Å². The predicted molar refractivity (Wildman–Crippen MR) is 101 cm³/mol. The molecule has 1 amide bonds. The summed E-state index contributed by atoms with van der Waals surface area (Å²) >= 11 is 1.75. The highest BCUT2D eigenvalue weighted by Gasteiger charge is 2.10. The Morgan fingerprint density at radius 3 is 2.92 bits per heavy atom. The smallest absolute Gasteiger partial charge is 0.270 e. The van der Waals surface area contributed by atoms with Gasteiger partial charge in [-0.25, -0.2) is 0 Å². The van der Waals surface area contributed by atoms with E-state index in [1.54, 1.807) is 36.0 Å². The molecule has 0 bridgehead atoms. The SMILES string of the molecule is CC(Cc1cccs1)Nc1ccnc(C(=O)NCc2cccnc2)c1. The van der Waals surface area contributed by atoms with Gasteiger partial charge in [0.25, 0.3) is 5.91 Å². The molecular weight excluding hydrogens is 332 g/mol. The van der Waals surface area contributed by atoms with Gasteiger partial charge in [0, 0.05) is 48.2 Å². The number of carbonyl (C=O) groups is 1. The molecule has 6 heteroatoms. The molecule has 0 fully saturated rings. The highest BCUT2D eigenvalue weighted by atomic mass is 32.1. The third kappa shape index (κ3) is 5.12. The number of thiophene rings is 1. The average molecular weight is 352 g/mol. The molecule has 0 aliphatic carbocycles. The Hall–Kier alpha value is -2.73. The molecular formula is C19H20N4OS. The zero-order valence-corrected chi connectivity index (χ0v) is 14.8. The summed E-state index contributed by atoms with van der Waals surface area (Å²) in [5.41, 5.74) is 2.25. The lowest BCUT2D eigenvalue weighted by molar-refractivity contribution is 0.0946. The lowest BCUT2D eigenvalue weighted by Gasteiger charge is -2.15. The van der Waals surface area contributed by atoms with E-state index >= 15 is 0 Å². The van der Waals surface area contributed by atoms with Crippen molar-refractivity contribution in [2.75, 3.05) is 5.32 Å². The lowest BCUT2D eigenvalue weighted by Crippen LogP contribution is -2.24. The Morgan fingerprint density at radius 2 is 2.16 bits per heavy atom. The summed E-state index contributed by atoms with van der Waals surface area (Å²) < 4.78 is 0. The second-order valence-corrected chi connectivity index (χ2v) is 6.83. The maximum Gasteiger partial charge on any atom is 0.270 e. The number of hydrogen-bond acceptors (Lipinski definition) is 5. The van der Waals surface area contributed by atoms with Crippen LogP contribution in [0.25, 0.3) is 0 Å². The molecule has 128 valence electrons.